The van der Waals surface area contributed by atoms with Gasteiger partial charge in [0.2, 0.25) is 11.7 Å². The van der Waals surface area contributed by atoms with Crippen LogP contribution in [0.4, 0.5) is 0 Å². The second-order valence-corrected chi connectivity index (χ2v) is 8.15. The second-order valence-electron chi connectivity index (χ2n) is 8.15. The summed E-state index contributed by atoms with van der Waals surface area (Å²) >= 11 is 0. The lowest BCUT2D eigenvalue weighted by Crippen LogP contribution is -2.44. The summed E-state index contributed by atoms with van der Waals surface area (Å²) in [5.41, 5.74) is 2.19. The lowest BCUT2D eigenvalue weighted by Gasteiger charge is -2.32. The minimum atomic E-state index is 0.0969. The molecule has 1 aromatic heterocycles. The van der Waals surface area contributed by atoms with E-state index in [1.807, 2.05) is 42.5 Å². The molecule has 0 aliphatic carbocycles. The van der Waals surface area contributed by atoms with Crippen LogP contribution in [0.1, 0.15) is 31.2 Å². The summed E-state index contributed by atoms with van der Waals surface area (Å²) in [6, 6.07) is 18.2. The van der Waals surface area contributed by atoms with Crippen LogP contribution in [-0.2, 0) is 17.9 Å². The van der Waals surface area contributed by atoms with Crippen LogP contribution in [0.3, 0.4) is 0 Å². The highest BCUT2D eigenvalue weighted by Gasteiger charge is 2.20. The van der Waals surface area contributed by atoms with Gasteiger partial charge in [-0.1, -0.05) is 42.5 Å². The van der Waals surface area contributed by atoms with E-state index in [1.54, 1.807) is 11.9 Å². The van der Waals surface area contributed by atoms with Crippen molar-refractivity contribution in [3.63, 3.8) is 0 Å². The number of carbonyl (C=O) groups excluding carboxylic acids is 1. The topological polar surface area (TPSA) is 85.2 Å². The van der Waals surface area contributed by atoms with Gasteiger partial charge >= 0.3 is 0 Å². The molecule has 2 heterocycles. The smallest absolute Gasteiger partial charge is 0.220 e. The molecule has 1 aliphatic rings. The minimum absolute atomic E-state index is 0.0969. The zero-order chi connectivity index (χ0) is 22.2. The Bertz CT molecular complexity index is 998. The fourth-order valence-corrected chi connectivity index (χ4v) is 3.99. The third-order valence-corrected chi connectivity index (χ3v) is 5.74. The number of ether oxygens (including phenoxy) is 1. The van der Waals surface area contributed by atoms with Gasteiger partial charge in [0.15, 0.2) is 0 Å². The van der Waals surface area contributed by atoms with E-state index in [0.29, 0.717) is 25.2 Å². The van der Waals surface area contributed by atoms with Crippen molar-refractivity contribution in [2.24, 2.45) is 0 Å². The first-order valence-electron chi connectivity index (χ1n) is 11.2. The van der Waals surface area contributed by atoms with Gasteiger partial charge in [-0.2, -0.15) is 4.80 Å². The molecule has 1 aliphatic heterocycles. The predicted molar refractivity (Wildman–Crippen MR) is 122 cm³/mol. The fourth-order valence-electron chi connectivity index (χ4n) is 3.99. The maximum absolute atomic E-state index is 12.4. The molecular weight excluding hydrogens is 404 g/mol. The van der Waals surface area contributed by atoms with Gasteiger partial charge in [-0.05, 0) is 42.2 Å². The van der Waals surface area contributed by atoms with Gasteiger partial charge in [0.1, 0.15) is 5.75 Å². The monoisotopic (exact) mass is 434 g/mol. The van der Waals surface area contributed by atoms with Gasteiger partial charge in [-0.25, -0.2) is 0 Å². The number of carbonyl (C=O) groups is 1. The number of hydrogen-bond acceptors (Lipinski definition) is 6. The van der Waals surface area contributed by atoms with Crippen LogP contribution in [0.15, 0.2) is 54.6 Å². The highest BCUT2D eigenvalue weighted by molar-refractivity contribution is 5.76. The number of nitrogens with zero attached hydrogens (tertiary/aromatic N) is 5. The molecule has 1 saturated heterocycles. The van der Waals surface area contributed by atoms with E-state index in [-0.39, 0.29) is 11.9 Å². The van der Waals surface area contributed by atoms with Crippen LogP contribution in [0.2, 0.25) is 0 Å². The molecule has 2 aromatic carbocycles. The molecule has 1 N–H and O–H groups in total. The molecule has 0 bridgehead atoms. The predicted octanol–water partition coefficient (Wildman–Crippen LogP) is 2.91. The van der Waals surface area contributed by atoms with Gasteiger partial charge in [-0.15, -0.1) is 10.2 Å². The lowest BCUT2D eigenvalue weighted by atomic mass is 10.0. The first kappa shape index (κ1) is 22.0. The number of nitrogens with one attached hydrogen (secondary N) is 1. The molecule has 8 nitrogen and oxygen atoms in total. The van der Waals surface area contributed by atoms with E-state index in [4.69, 9.17) is 4.74 Å². The number of hydrogen-bond donors (Lipinski definition) is 1. The van der Waals surface area contributed by atoms with Crippen molar-refractivity contribution in [2.45, 2.75) is 44.8 Å². The molecule has 0 unspecified atom stereocenters. The summed E-state index contributed by atoms with van der Waals surface area (Å²) < 4.78 is 5.31. The average molecular weight is 435 g/mol. The normalized spacial score (nSPS) is 14.9. The van der Waals surface area contributed by atoms with Crippen molar-refractivity contribution in [3.05, 3.63) is 60.2 Å². The Morgan fingerprint density at radius 3 is 2.72 bits per heavy atom. The Labute approximate surface area is 188 Å². The van der Waals surface area contributed by atoms with E-state index >= 15 is 0 Å². The maximum atomic E-state index is 12.4. The lowest BCUT2D eigenvalue weighted by molar-refractivity contribution is -0.122. The van der Waals surface area contributed by atoms with Crippen molar-refractivity contribution in [1.29, 1.82) is 0 Å². The summed E-state index contributed by atoms with van der Waals surface area (Å²) in [7, 11) is 1.69. The number of piperidine rings is 1. The number of methoxy groups -OCH3 is 1. The molecule has 0 spiro atoms. The molecule has 0 saturated carbocycles. The summed E-state index contributed by atoms with van der Waals surface area (Å²) in [6.45, 7) is 3.45. The zero-order valence-electron chi connectivity index (χ0n) is 18.5. The highest BCUT2D eigenvalue weighted by Crippen LogP contribution is 2.18. The molecule has 4 rings (SSSR count). The SMILES string of the molecule is COc1cccc(CN2CCC(NC(=O)CCCn3nnc(-c4ccccc4)n3)CC2)c1. The minimum Gasteiger partial charge on any atom is -0.497 e. The van der Waals surface area contributed by atoms with Gasteiger partial charge < -0.3 is 10.1 Å². The van der Waals surface area contributed by atoms with Crippen molar-refractivity contribution in [2.75, 3.05) is 20.2 Å². The number of likely N-dealkylation sites (tertiary alicyclic amines) is 1. The van der Waals surface area contributed by atoms with Crippen molar-refractivity contribution < 1.29 is 9.53 Å². The van der Waals surface area contributed by atoms with Crippen LogP contribution in [0.25, 0.3) is 11.4 Å². The van der Waals surface area contributed by atoms with Gasteiger partial charge in [-0.3, -0.25) is 9.69 Å². The van der Waals surface area contributed by atoms with Crippen molar-refractivity contribution >= 4 is 5.91 Å². The molecule has 3 aromatic rings. The summed E-state index contributed by atoms with van der Waals surface area (Å²) in [4.78, 5) is 16.4. The quantitative estimate of drug-likeness (QED) is 0.557. The number of aromatic nitrogens is 4. The van der Waals surface area contributed by atoms with E-state index in [0.717, 1.165) is 43.8 Å². The first-order valence-corrected chi connectivity index (χ1v) is 11.2. The average Bonchev–Trinajstić information content (AvgIpc) is 3.30. The van der Waals surface area contributed by atoms with Crippen LogP contribution in [0, 0.1) is 0 Å². The largest absolute Gasteiger partial charge is 0.497 e. The Morgan fingerprint density at radius 2 is 1.94 bits per heavy atom. The second kappa shape index (κ2) is 10.9. The van der Waals surface area contributed by atoms with Gasteiger partial charge in [0, 0.05) is 37.7 Å². The zero-order valence-corrected chi connectivity index (χ0v) is 18.5. The van der Waals surface area contributed by atoms with Crippen LogP contribution in [-0.4, -0.2) is 57.3 Å². The van der Waals surface area contributed by atoms with Crippen LogP contribution >= 0.6 is 0 Å². The first-order chi connectivity index (χ1) is 15.7. The molecule has 32 heavy (non-hydrogen) atoms. The fraction of sp³-hybridized carbons (Fsp3) is 0.417. The number of benzene rings is 2. The van der Waals surface area contributed by atoms with Gasteiger partial charge in [0.25, 0.3) is 0 Å². The Balaban J connectivity index is 1.14. The van der Waals surface area contributed by atoms with E-state index in [9.17, 15) is 4.79 Å². The third-order valence-electron chi connectivity index (χ3n) is 5.74. The molecule has 1 amide bonds. The highest BCUT2D eigenvalue weighted by atomic mass is 16.5. The Hall–Kier alpha value is -3.26. The van der Waals surface area contributed by atoms with E-state index in [1.165, 1.54) is 5.56 Å². The number of rotatable bonds is 9. The molecule has 1 fully saturated rings. The summed E-state index contributed by atoms with van der Waals surface area (Å²) in [5, 5.41) is 15.8. The van der Waals surface area contributed by atoms with E-state index < -0.39 is 0 Å². The summed E-state index contributed by atoms with van der Waals surface area (Å²) in [5.74, 6) is 1.59. The molecule has 8 heteroatoms. The Morgan fingerprint density at radius 1 is 1.12 bits per heavy atom. The molecule has 0 atom stereocenters. The maximum Gasteiger partial charge on any atom is 0.220 e. The van der Waals surface area contributed by atoms with Crippen molar-refractivity contribution in [1.82, 2.24) is 30.4 Å². The number of aryl methyl sites for hydroxylation is 1. The Kier molecular flexibility index (Phi) is 7.45. The molecular formula is C24H30N6O2. The third kappa shape index (κ3) is 6.13. The summed E-state index contributed by atoms with van der Waals surface area (Å²) in [6.07, 6.45) is 3.10. The van der Waals surface area contributed by atoms with Crippen LogP contribution in [0.5, 0.6) is 5.75 Å². The van der Waals surface area contributed by atoms with Gasteiger partial charge in [0.05, 0.1) is 13.7 Å². The van der Waals surface area contributed by atoms with Crippen molar-refractivity contribution in [3.8, 4) is 17.1 Å². The van der Waals surface area contributed by atoms with E-state index in [2.05, 4.69) is 37.8 Å². The number of tetrazole rings is 1. The molecule has 168 valence electrons. The van der Waals surface area contributed by atoms with Crippen LogP contribution < -0.4 is 10.1 Å². The standard InChI is InChI=1S/C24H30N6O2/c1-32-22-10-5-7-19(17-22)18-29-15-12-21(13-16-29)25-23(31)11-6-14-30-27-24(26-28-30)20-8-3-2-4-9-20/h2-5,7-10,17,21H,6,11-16,18H2,1H3,(H,25,31). The molecule has 0 radical (unpaired) electrons. The number of amides is 1.